The first-order chi connectivity index (χ1) is 18.7. The molecule has 2 saturated heterocycles. The number of non-ortho nitro benzene ring substituents is 1. The number of allylic oxidation sites excluding steroid dienone is 2. The summed E-state index contributed by atoms with van der Waals surface area (Å²) < 4.78 is 20.0. The summed E-state index contributed by atoms with van der Waals surface area (Å²) in [7, 11) is 0. The third kappa shape index (κ3) is 4.98. The Hall–Kier alpha value is -3.85. The van der Waals surface area contributed by atoms with Crippen LogP contribution in [0.5, 0.6) is 5.75 Å². The standard InChI is InChI=1S/C30H31FN2O6/c1-3-5-19-14-22-28(30(36)32(29(22)35)20-6-4-7-21(15-20)33(37)38)23-16-39-26(27(19)23)11-8-17(2)12-18-9-10-25(34)24(31)13-18/h4,6-7,9-10,12-13,15,22-23,26,28,34H,3,5,8,11,14,16H2,1-2H3/b17-12+/t22-,23+,26-,28-/m1/s1. The van der Waals surface area contributed by atoms with Gasteiger partial charge in [0.1, 0.15) is 0 Å². The van der Waals surface area contributed by atoms with Crippen LogP contribution in [-0.4, -0.2) is 34.6 Å². The summed E-state index contributed by atoms with van der Waals surface area (Å²) in [5, 5.41) is 20.7. The largest absolute Gasteiger partial charge is 0.505 e. The van der Waals surface area contributed by atoms with E-state index in [1.54, 1.807) is 12.1 Å². The minimum absolute atomic E-state index is 0.170. The minimum atomic E-state index is -0.667. The van der Waals surface area contributed by atoms with Crippen LogP contribution in [0.15, 0.2) is 59.2 Å². The van der Waals surface area contributed by atoms with Gasteiger partial charge in [-0.25, -0.2) is 9.29 Å². The van der Waals surface area contributed by atoms with Gasteiger partial charge in [-0.15, -0.1) is 0 Å². The summed E-state index contributed by atoms with van der Waals surface area (Å²) in [6, 6.07) is 9.94. The second-order valence-corrected chi connectivity index (χ2v) is 10.6. The van der Waals surface area contributed by atoms with Gasteiger partial charge in [-0.3, -0.25) is 19.7 Å². The lowest BCUT2D eigenvalue weighted by Crippen LogP contribution is -2.34. The number of amides is 2. The molecule has 0 unspecified atom stereocenters. The van der Waals surface area contributed by atoms with Crippen LogP contribution in [0.3, 0.4) is 0 Å². The average molecular weight is 535 g/mol. The van der Waals surface area contributed by atoms with E-state index in [4.69, 9.17) is 4.74 Å². The summed E-state index contributed by atoms with van der Waals surface area (Å²) in [5.41, 5.74) is 4.06. The van der Waals surface area contributed by atoms with Crippen molar-refractivity contribution in [1.82, 2.24) is 0 Å². The number of fused-ring (bicyclic) bond motifs is 3. The molecule has 2 amide bonds. The molecule has 0 radical (unpaired) electrons. The Morgan fingerprint density at radius 3 is 2.72 bits per heavy atom. The van der Waals surface area contributed by atoms with Crippen LogP contribution in [0.4, 0.5) is 15.8 Å². The maximum absolute atomic E-state index is 13.7. The number of nitrogens with zero attached hydrogens (tertiary/aromatic N) is 2. The number of phenolic OH excluding ortho intramolecular Hbond substituents is 1. The maximum atomic E-state index is 13.7. The summed E-state index contributed by atoms with van der Waals surface area (Å²) in [4.78, 5) is 39.1. The van der Waals surface area contributed by atoms with Crippen LogP contribution in [0, 0.1) is 33.7 Å². The van der Waals surface area contributed by atoms with Gasteiger partial charge in [-0.05, 0) is 61.9 Å². The number of benzene rings is 2. The number of ether oxygens (including phenoxy) is 1. The molecule has 39 heavy (non-hydrogen) atoms. The Balaban J connectivity index is 1.37. The third-order valence-electron chi connectivity index (χ3n) is 8.04. The number of halogens is 1. The van der Waals surface area contributed by atoms with Crippen LogP contribution >= 0.6 is 0 Å². The molecule has 9 heteroatoms. The summed E-state index contributed by atoms with van der Waals surface area (Å²) in [6.07, 6.45) is 5.30. The van der Waals surface area contributed by atoms with Gasteiger partial charge in [0.05, 0.1) is 35.2 Å². The summed E-state index contributed by atoms with van der Waals surface area (Å²) in [6.45, 7) is 4.40. The van der Waals surface area contributed by atoms with Gasteiger partial charge in [0, 0.05) is 18.1 Å². The van der Waals surface area contributed by atoms with E-state index in [0.29, 0.717) is 31.4 Å². The van der Waals surface area contributed by atoms with Crippen molar-refractivity contribution in [2.45, 2.75) is 52.1 Å². The molecule has 2 fully saturated rings. The Bertz CT molecular complexity index is 1400. The number of carbonyl (C=O) groups is 2. The highest BCUT2D eigenvalue weighted by atomic mass is 19.1. The molecular formula is C30H31FN2O6. The topological polar surface area (TPSA) is 110 Å². The lowest BCUT2D eigenvalue weighted by Gasteiger charge is -2.31. The van der Waals surface area contributed by atoms with Gasteiger partial charge in [-0.2, -0.15) is 0 Å². The molecule has 1 aliphatic carbocycles. The van der Waals surface area contributed by atoms with E-state index in [9.17, 15) is 29.2 Å². The van der Waals surface area contributed by atoms with Crippen molar-refractivity contribution in [1.29, 1.82) is 0 Å². The number of anilines is 1. The van der Waals surface area contributed by atoms with E-state index >= 15 is 0 Å². The fourth-order valence-electron chi connectivity index (χ4n) is 6.34. The molecule has 0 saturated carbocycles. The average Bonchev–Trinajstić information content (AvgIpc) is 3.44. The first-order valence-electron chi connectivity index (χ1n) is 13.3. The molecule has 204 valence electrons. The minimum Gasteiger partial charge on any atom is -0.505 e. The number of imide groups is 1. The van der Waals surface area contributed by atoms with Gasteiger partial charge in [0.25, 0.3) is 5.69 Å². The van der Waals surface area contributed by atoms with Gasteiger partial charge in [0.2, 0.25) is 11.8 Å². The summed E-state index contributed by atoms with van der Waals surface area (Å²) in [5.74, 6) is -2.93. The van der Waals surface area contributed by atoms with Crippen molar-refractivity contribution < 1.29 is 28.7 Å². The predicted octanol–water partition coefficient (Wildman–Crippen LogP) is 5.94. The van der Waals surface area contributed by atoms with E-state index in [2.05, 4.69) is 6.92 Å². The lowest BCUT2D eigenvalue weighted by atomic mass is 9.68. The van der Waals surface area contributed by atoms with Gasteiger partial charge >= 0.3 is 0 Å². The van der Waals surface area contributed by atoms with E-state index < -0.39 is 22.6 Å². The maximum Gasteiger partial charge on any atom is 0.271 e. The van der Waals surface area contributed by atoms with Crippen LogP contribution in [-0.2, 0) is 14.3 Å². The highest BCUT2D eigenvalue weighted by Gasteiger charge is 2.57. The number of carbonyl (C=O) groups excluding carboxylic acids is 2. The van der Waals surface area contributed by atoms with Crippen molar-refractivity contribution in [3.05, 3.63) is 80.7 Å². The number of aromatic hydroxyl groups is 1. The van der Waals surface area contributed by atoms with Gasteiger partial charge < -0.3 is 9.84 Å². The predicted molar refractivity (Wildman–Crippen MR) is 143 cm³/mol. The van der Waals surface area contributed by atoms with E-state index in [1.165, 1.54) is 35.9 Å². The zero-order valence-corrected chi connectivity index (χ0v) is 21.9. The molecule has 2 aliphatic heterocycles. The first-order valence-corrected chi connectivity index (χ1v) is 13.3. The molecule has 8 nitrogen and oxygen atoms in total. The number of rotatable bonds is 8. The lowest BCUT2D eigenvalue weighted by molar-refractivity contribution is -0.384. The zero-order valence-electron chi connectivity index (χ0n) is 21.9. The second kappa shape index (κ2) is 10.7. The van der Waals surface area contributed by atoms with Crippen molar-refractivity contribution in [3.63, 3.8) is 0 Å². The first kappa shape index (κ1) is 26.7. The van der Waals surface area contributed by atoms with Gasteiger partial charge in [-0.1, -0.05) is 42.7 Å². The monoisotopic (exact) mass is 534 g/mol. The molecule has 3 aliphatic rings. The molecular weight excluding hydrogens is 503 g/mol. The molecule has 0 bridgehead atoms. The fraction of sp³-hybridized carbons (Fsp3) is 0.400. The van der Waals surface area contributed by atoms with Crippen LogP contribution < -0.4 is 4.90 Å². The normalized spacial score (nSPS) is 24.8. The Labute approximate surface area is 225 Å². The molecule has 2 aromatic carbocycles. The summed E-state index contributed by atoms with van der Waals surface area (Å²) >= 11 is 0. The Kier molecular flexibility index (Phi) is 7.36. The number of phenols is 1. The number of hydrogen-bond acceptors (Lipinski definition) is 6. The zero-order chi connectivity index (χ0) is 27.8. The fourth-order valence-corrected chi connectivity index (χ4v) is 6.34. The molecule has 1 N–H and O–H groups in total. The van der Waals surface area contributed by atoms with Crippen molar-refractivity contribution >= 4 is 29.3 Å². The smallest absolute Gasteiger partial charge is 0.271 e. The van der Waals surface area contributed by atoms with Crippen LogP contribution in [0.2, 0.25) is 0 Å². The SMILES string of the molecule is CCCC1=C2[C@@H](CC/C(C)=C/c3ccc(O)c(F)c3)OC[C@@H]2[C@@H]2C(=O)N(c3cccc([N+](=O)[O-])c3)C(=O)[C@@H]2C1. The number of nitro groups is 1. The van der Waals surface area contributed by atoms with Crippen molar-refractivity contribution in [3.8, 4) is 5.75 Å². The Morgan fingerprint density at radius 2 is 2.00 bits per heavy atom. The molecule has 2 heterocycles. The Morgan fingerprint density at radius 1 is 1.21 bits per heavy atom. The quantitative estimate of drug-likeness (QED) is 0.194. The van der Waals surface area contributed by atoms with E-state index in [-0.39, 0.29) is 41.0 Å². The molecule has 2 aromatic rings. The molecule has 5 rings (SSSR count). The van der Waals surface area contributed by atoms with Gasteiger partial charge in [0.15, 0.2) is 11.6 Å². The molecule has 0 aromatic heterocycles. The van der Waals surface area contributed by atoms with Crippen LogP contribution in [0.25, 0.3) is 6.08 Å². The van der Waals surface area contributed by atoms with E-state index in [1.807, 2.05) is 13.0 Å². The van der Waals surface area contributed by atoms with E-state index in [0.717, 1.165) is 28.9 Å². The highest BCUT2D eigenvalue weighted by molar-refractivity contribution is 6.22. The number of hydrogen-bond donors (Lipinski definition) is 1. The van der Waals surface area contributed by atoms with Crippen molar-refractivity contribution in [2.75, 3.05) is 11.5 Å². The van der Waals surface area contributed by atoms with Crippen molar-refractivity contribution in [2.24, 2.45) is 17.8 Å². The molecule has 4 atom stereocenters. The number of nitro benzene ring substituents is 1. The second-order valence-electron chi connectivity index (χ2n) is 10.6. The molecule has 0 spiro atoms. The van der Waals surface area contributed by atoms with Crippen LogP contribution in [0.1, 0.15) is 51.5 Å². The third-order valence-corrected chi connectivity index (χ3v) is 8.04. The highest BCUT2D eigenvalue weighted by Crippen LogP contribution is 2.51.